The number of piperidine rings is 1. The number of pyridine rings is 1. The third-order valence-electron chi connectivity index (χ3n) is 4.26. The number of amides is 1. The Morgan fingerprint density at radius 3 is 3.00 bits per heavy atom. The van der Waals surface area contributed by atoms with Crippen molar-refractivity contribution in [3.05, 3.63) is 30.6 Å². The molecule has 6 nitrogen and oxygen atoms in total. The summed E-state index contributed by atoms with van der Waals surface area (Å²) in [4.78, 5) is 18.0. The van der Waals surface area contributed by atoms with Crippen molar-refractivity contribution in [2.24, 2.45) is 0 Å². The number of aromatic nitrogens is 3. The highest BCUT2D eigenvalue weighted by molar-refractivity contribution is 5.73. The molecular weight excluding hydrogens is 292 g/mol. The molecule has 23 heavy (non-hydrogen) atoms. The molecule has 3 rings (SSSR count). The van der Waals surface area contributed by atoms with Crippen LogP contribution in [0.2, 0.25) is 0 Å². The zero-order valence-corrected chi connectivity index (χ0v) is 13.4. The van der Waals surface area contributed by atoms with Gasteiger partial charge in [-0.15, -0.1) is 0 Å². The van der Waals surface area contributed by atoms with Gasteiger partial charge in [0.2, 0.25) is 5.91 Å². The minimum atomic E-state index is 0.167. The molecule has 1 atom stereocenters. The van der Waals surface area contributed by atoms with Gasteiger partial charge in [-0.25, -0.2) is 0 Å². The summed E-state index contributed by atoms with van der Waals surface area (Å²) in [5, 5.41) is 6.80. The summed E-state index contributed by atoms with van der Waals surface area (Å²) < 4.78 is 5.78. The van der Waals surface area contributed by atoms with Crippen molar-refractivity contribution in [2.45, 2.75) is 38.6 Å². The first-order chi connectivity index (χ1) is 11.2. The lowest BCUT2D eigenvalue weighted by Gasteiger charge is -2.35. The van der Waals surface area contributed by atoms with Gasteiger partial charge < -0.3 is 9.64 Å². The summed E-state index contributed by atoms with van der Waals surface area (Å²) in [6.45, 7) is 3.12. The number of carbonyl (C=O) groups excluding carboxylic acids is 1. The number of aromatic amines is 1. The molecule has 1 aliphatic rings. The van der Waals surface area contributed by atoms with Gasteiger partial charge in [-0.05, 0) is 37.5 Å². The van der Waals surface area contributed by atoms with Crippen molar-refractivity contribution in [1.82, 2.24) is 20.1 Å². The zero-order valence-electron chi connectivity index (χ0n) is 13.4. The van der Waals surface area contributed by atoms with Crippen LogP contribution in [0.15, 0.2) is 30.6 Å². The summed E-state index contributed by atoms with van der Waals surface area (Å²) >= 11 is 0. The molecule has 1 saturated heterocycles. The number of ether oxygens (including phenoxy) is 1. The van der Waals surface area contributed by atoms with Crippen LogP contribution in [0, 0.1) is 0 Å². The van der Waals surface area contributed by atoms with Crippen LogP contribution in [0.25, 0.3) is 11.4 Å². The van der Waals surface area contributed by atoms with E-state index in [0.29, 0.717) is 12.6 Å². The normalized spacial score (nSPS) is 18.0. The van der Waals surface area contributed by atoms with Crippen molar-refractivity contribution in [1.29, 1.82) is 0 Å². The van der Waals surface area contributed by atoms with E-state index in [1.807, 2.05) is 23.1 Å². The Labute approximate surface area is 135 Å². The highest BCUT2D eigenvalue weighted by Crippen LogP contribution is 2.21. The quantitative estimate of drug-likeness (QED) is 0.921. The summed E-state index contributed by atoms with van der Waals surface area (Å²) in [5.74, 6) is 0.915. The highest BCUT2D eigenvalue weighted by Gasteiger charge is 2.23. The summed E-state index contributed by atoms with van der Waals surface area (Å²) in [6.07, 6.45) is 7.65. The van der Waals surface area contributed by atoms with Gasteiger partial charge in [0.25, 0.3) is 0 Å². The van der Waals surface area contributed by atoms with Crippen LogP contribution >= 0.6 is 0 Å². The van der Waals surface area contributed by atoms with Crippen LogP contribution in [0.1, 0.15) is 32.6 Å². The Morgan fingerprint density at radius 1 is 1.39 bits per heavy atom. The molecule has 1 amide bonds. The second-order valence-electron chi connectivity index (χ2n) is 5.85. The zero-order chi connectivity index (χ0) is 16.1. The maximum absolute atomic E-state index is 11.7. The van der Waals surface area contributed by atoms with Crippen LogP contribution < -0.4 is 4.74 Å². The van der Waals surface area contributed by atoms with Gasteiger partial charge in [0, 0.05) is 32.1 Å². The molecular formula is C17H22N4O2. The van der Waals surface area contributed by atoms with Crippen LogP contribution in [-0.4, -0.2) is 45.2 Å². The monoisotopic (exact) mass is 314 g/mol. The number of hydrogen-bond donors (Lipinski definition) is 1. The molecule has 2 aromatic heterocycles. The molecule has 0 unspecified atom stereocenters. The van der Waals surface area contributed by atoms with Crippen molar-refractivity contribution in [3.8, 4) is 17.1 Å². The molecule has 6 heteroatoms. The van der Waals surface area contributed by atoms with E-state index >= 15 is 0 Å². The third kappa shape index (κ3) is 3.88. The Balaban J connectivity index is 1.51. The van der Waals surface area contributed by atoms with Gasteiger partial charge in [0.05, 0.1) is 24.2 Å². The number of nitrogens with zero attached hydrogens (tertiary/aromatic N) is 3. The second-order valence-corrected chi connectivity index (χ2v) is 5.85. The smallest absolute Gasteiger partial charge is 0.219 e. The fourth-order valence-corrected chi connectivity index (χ4v) is 3.05. The maximum Gasteiger partial charge on any atom is 0.219 e. The Hall–Kier alpha value is -2.37. The van der Waals surface area contributed by atoms with Crippen molar-refractivity contribution in [2.75, 3.05) is 13.2 Å². The lowest BCUT2D eigenvalue weighted by atomic mass is 10.00. The predicted molar refractivity (Wildman–Crippen MR) is 87.0 cm³/mol. The molecule has 0 saturated carbocycles. The number of nitrogens with one attached hydrogen (secondary N) is 1. The van der Waals surface area contributed by atoms with Crippen LogP contribution in [0.5, 0.6) is 5.75 Å². The van der Waals surface area contributed by atoms with Crippen molar-refractivity contribution in [3.63, 3.8) is 0 Å². The molecule has 0 radical (unpaired) electrons. The number of carbonyl (C=O) groups is 1. The average molecular weight is 314 g/mol. The molecule has 122 valence electrons. The van der Waals surface area contributed by atoms with Crippen molar-refractivity contribution >= 4 is 5.91 Å². The Kier molecular flexibility index (Phi) is 4.90. The number of H-pyrrole nitrogens is 1. The number of hydrogen-bond acceptors (Lipinski definition) is 4. The predicted octanol–water partition coefficient (Wildman–Crippen LogP) is 2.64. The standard InChI is InChI=1S/C17H22N4O2/c1-13(22)21-10-3-2-4-14(21)8-11-23-15-5-6-16(18-12-15)17-7-9-19-20-17/h5-7,9,12,14H,2-4,8,10-11H2,1H3,(H,19,20)/t14-/m0/s1. The molecule has 0 aliphatic carbocycles. The summed E-state index contributed by atoms with van der Waals surface area (Å²) in [5.41, 5.74) is 1.72. The minimum absolute atomic E-state index is 0.167. The minimum Gasteiger partial charge on any atom is -0.492 e. The van der Waals surface area contributed by atoms with Crippen LogP contribution in [0.3, 0.4) is 0 Å². The first-order valence-electron chi connectivity index (χ1n) is 8.10. The van der Waals surface area contributed by atoms with E-state index in [-0.39, 0.29) is 5.91 Å². The lowest BCUT2D eigenvalue weighted by Crippen LogP contribution is -2.43. The van der Waals surface area contributed by atoms with Crippen LogP contribution in [0.4, 0.5) is 0 Å². The molecule has 1 N–H and O–H groups in total. The molecule has 2 aromatic rings. The Bertz CT molecular complexity index is 625. The average Bonchev–Trinajstić information content (AvgIpc) is 3.10. The first kappa shape index (κ1) is 15.5. The molecule has 1 aliphatic heterocycles. The van der Waals surface area contributed by atoms with E-state index < -0.39 is 0 Å². The SMILES string of the molecule is CC(=O)N1CCCC[C@H]1CCOc1ccc(-c2ccn[nH]2)nc1. The van der Waals surface area contributed by atoms with E-state index in [1.54, 1.807) is 19.3 Å². The first-order valence-corrected chi connectivity index (χ1v) is 8.10. The second kappa shape index (κ2) is 7.26. The van der Waals surface area contributed by atoms with Gasteiger partial charge in [-0.3, -0.25) is 14.9 Å². The van der Waals surface area contributed by atoms with Crippen LogP contribution in [-0.2, 0) is 4.79 Å². The third-order valence-corrected chi connectivity index (χ3v) is 4.26. The topological polar surface area (TPSA) is 71.1 Å². The van der Waals surface area contributed by atoms with Gasteiger partial charge in [0.1, 0.15) is 5.75 Å². The van der Waals surface area contributed by atoms with E-state index in [1.165, 1.54) is 6.42 Å². The molecule has 0 spiro atoms. The van der Waals surface area contributed by atoms with E-state index in [4.69, 9.17) is 4.74 Å². The van der Waals surface area contributed by atoms with E-state index in [9.17, 15) is 4.79 Å². The fraction of sp³-hybridized carbons (Fsp3) is 0.471. The molecule has 3 heterocycles. The van der Waals surface area contributed by atoms with Gasteiger partial charge in [-0.2, -0.15) is 5.10 Å². The summed E-state index contributed by atoms with van der Waals surface area (Å²) in [6, 6.07) is 6.00. The molecule has 1 fully saturated rings. The largest absolute Gasteiger partial charge is 0.492 e. The van der Waals surface area contributed by atoms with Gasteiger partial charge in [-0.1, -0.05) is 0 Å². The molecule has 0 aromatic carbocycles. The van der Waals surface area contributed by atoms with E-state index in [2.05, 4.69) is 15.2 Å². The molecule has 0 bridgehead atoms. The van der Waals surface area contributed by atoms with Gasteiger partial charge in [0.15, 0.2) is 0 Å². The highest BCUT2D eigenvalue weighted by atomic mass is 16.5. The number of likely N-dealkylation sites (tertiary alicyclic amines) is 1. The van der Waals surface area contributed by atoms with Crippen molar-refractivity contribution < 1.29 is 9.53 Å². The summed E-state index contributed by atoms with van der Waals surface area (Å²) in [7, 11) is 0. The number of rotatable bonds is 5. The van der Waals surface area contributed by atoms with Gasteiger partial charge >= 0.3 is 0 Å². The maximum atomic E-state index is 11.7. The fourth-order valence-electron chi connectivity index (χ4n) is 3.05. The van der Waals surface area contributed by atoms with E-state index in [0.717, 1.165) is 42.9 Å². The Morgan fingerprint density at radius 2 is 2.30 bits per heavy atom. The lowest BCUT2D eigenvalue weighted by molar-refractivity contribution is -0.132.